The standard InChI is InChI=1S/C18H19N7O/c1-2-26-13-9-12(10-13)21-18-20-11-16-14(5-7-24(16)23-18)15-3-4-17-19-6-8-25(17)22-15/h3-8,11-13H,2,9-10H2,1H3,(H,21,23)/t12-,13-. The lowest BCUT2D eigenvalue weighted by Crippen LogP contribution is -2.41. The van der Waals surface area contributed by atoms with Gasteiger partial charge in [0.2, 0.25) is 5.95 Å². The van der Waals surface area contributed by atoms with E-state index in [-0.39, 0.29) is 0 Å². The van der Waals surface area contributed by atoms with Crippen molar-refractivity contribution in [2.75, 3.05) is 11.9 Å². The van der Waals surface area contributed by atoms with Gasteiger partial charge in [0.1, 0.15) is 0 Å². The van der Waals surface area contributed by atoms with Crippen molar-refractivity contribution >= 4 is 17.1 Å². The van der Waals surface area contributed by atoms with E-state index in [2.05, 4.69) is 25.5 Å². The minimum absolute atomic E-state index is 0.364. The van der Waals surface area contributed by atoms with E-state index >= 15 is 0 Å². The smallest absolute Gasteiger partial charge is 0.241 e. The van der Waals surface area contributed by atoms with E-state index in [0.717, 1.165) is 41.9 Å². The van der Waals surface area contributed by atoms with Gasteiger partial charge in [-0.3, -0.25) is 0 Å². The largest absolute Gasteiger partial charge is 0.378 e. The first-order chi connectivity index (χ1) is 12.8. The van der Waals surface area contributed by atoms with Crippen molar-refractivity contribution < 1.29 is 4.74 Å². The quantitative estimate of drug-likeness (QED) is 0.596. The van der Waals surface area contributed by atoms with Crippen molar-refractivity contribution in [2.45, 2.75) is 31.9 Å². The van der Waals surface area contributed by atoms with Crippen LogP contribution in [0.2, 0.25) is 0 Å². The molecule has 0 aromatic carbocycles. The maximum Gasteiger partial charge on any atom is 0.241 e. The minimum atomic E-state index is 0.364. The van der Waals surface area contributed by atoms with Crippen LogP contribution in [0.25, 0.3) is 22.4 Å². The summed E-state index contributed by atoms with van der Waals surface area (Å²) >= 11 is 0. The summed E-state index contributed by atoms with van der Waals surface area (Å²) in [5, 5.41) is 12.6. The zero-order chi connectivity index (χ0) is 17.5. The highest BCUT2D eigenvalue weighted by Gasteiger charge is 2.30. The molecule has 1 N–H and O–H groups in total. The van der Waals surface area contributed by atoms with Crippen LogP contribution in [0.4, 0.5) is 5.95 Å². The lowest BCUT2D eigenvalue weighted by molar-refractivity contribution is 0.00283. The highest BCUT2D eigenvalue weighted by atomic mass is 16.5. The van der Waals surface area contributed by atoms with Crippen LogP contribution < -0.4 is 5.32 Å². The third-order valence-corrected chi connectivity index (χ3v) is 4.78. The summed E-state index contributed by atoms with van der Waals surface area (Å²) in [6.45, 7) is 2.80. The summed E-state index contributed by atoms with van der Waals surface area (Å²) in [6, 6.07) is 6.30. The van der Waals surface area contributed by atoms with Gasteiger partial charge in [-0.2, -0.15) is 5.10 Å². The molecule has 0 radical (unpaired) electrons. The van der Waals surface area contributed by atoms with Crippen LogP contribution in [-0.4, -0.2) is 47.9 Å². The molecule has 5 rings (SSSR count). The normalized spacial score (nSPS) is 19.7. The summed E-state index contributed by atoms with van der Waals surface area (Å²) in [4.78, 5) is 8.71. The molecule has 8 heteroatoms. The molecule has 4 aromatic rings. The predicted molar refractivity (Wildman–Crippen MR) is 97.0 cm³/mol. The third-order valence-electron chi connectivity index (χ3n) is 4.78. The molecule has 0 aliphatic heterocycles. The average molecular weight is 349 g/mol. The van der Waals surface area contributed by atoms with E-state index in [0.29, 0.717) is 18.1 Å². The molecule has 4 heterocycles. The number of aromatic nitrogens is 6. The Bertz CT molecular complexity index is 1060. The Morgan fingerprint density at radius 3 is 2.92 bits per heavy atom. The first kappa shape index (κ1) is 15.3. The maximum atomic E-state index is 5.59. The van der Waals surface area contributed by atoms with E-state index in [1.165, 1.54) is 0 Å². The number of nitrogens with one attached hydrogen (secondary N) is 1. The number of imidazole rings is 1. The monoisotopic (exact) mass is 349 g/mol. The molecule has 1 saturated carbocycles. The van der Waals surface area contributed by atoms with E-state index < -0.39 is 0 Å². The molecule has 26 heavy (non-hydrogen) atoms. The van der Waals surface area contributed by atoms with Gasteiger partial charge in [0.25, 0.3) is 0 Å². The van der Waals surface area contributed by atoms with Gasteiger partial charge in [-0.25, -0.2) is 19.0 Å². The number of anilines is 1. The van der Waals surface area contributed by atoms with Crippen molar-refractivity contribution in [1.29, 1.82) is 0 Å². The Hall–Kier alpha value is -3.00. The second kappa shape index (κ2) is 6.06. The van der Waals surface area contributed by atoms with Gasteiger partial charge in [0, 0.05) is 36.8 Å². The molecule has 1 aliphatic carbocycles. The Morgan fingerprint density at radius 1 is 1.12 bits per heavy atom. The lowest BCUT2D eigenvalue weighted by Gasteiger charge is -2.35. The van der Waals surface area contributed by atoms with Gasteiger partial charge in [-0.05, 0) is 38.0 Å². The molecule has 132 valence electrons. The fourth-order valence-corrected chi connectivity index (χ4v) is 3.38. The van der Waals surface area contributed by atoms with Gasteiger partial charge >= 0.3 is 0 Å². The first-order valence-electron chi connectivity index (χ1n) is 8.83. The van der Waals surface area contributed by atoms with Crippen LogP contribution in [0.1, 0.15) is 19.8 Å². The molecule has 0 unspecified atom stereocenters. The molecule has 1 fully saturated rings. The number of nitrogens with zero attached hydrogens (tertiary/aromatic N) is 6. The van der Waals surface area contributed by atoms with Gasteiger partial charge in [-0.15, -0.1) is 5.10 Å². The van der Waals surface area contributed by atoms with E-state index in [4.69, 9.17) is 4.74 Å². The summed E-state index contributed by atoms with van der Waals surface area (Å²) in [5.41, 5.74) is 3.60. The number of fused-ring (bicyclic) bond motifs is 2. The number of rotatable bonds is 5. The zero-order valence-electron chi connectivity index (χ0n) is 14.4. The number of hydrogen-bond donors (Lipinski definition) is 1. The molecular formula is C18H19N7O. The molecule has 0 atom stereocenters. The number of ether oxygens (including phenoxy) is 1. The van der Waals surface area contributed by atoms with Gasteiger partial charge in [0.05, 0.1) is 23.5 Å². The molecule has 0 spiro atoms. The Labute approximate surface area is 149 Å². The van der Waals surface area contributed by atoms with Crippen molar-refractivity contribution in [3.63, 3.8) is 0 Å². The number of hydrogen-bond acceptors (Lipinski definition) is 6. The van der Waals surface area contributed by atoms with Crippen LogP contribution >= 0.6 is 0 Å². The SMILES string of the molecule is CCO[C@H]1C[C@H](Nc2ncc3c(-c4ccc5nccn5n4)ccn3n2)C1. The second-order valence-corrected chi connectivity index (χ2v) is 6.48. The molecule has 1 aliphatic rings. The van der Waals surface area contributed by atoms with E-state index in [1.54, 1.807) is 10.7 Å². The molecule has 4 aromatic heterocycles. The first-order valence-corrected chi connectivity index (χ1v) is 8.83. The van der Waals surface area contributed by atoms with Gasteiger partial charge < -0.3 is 10.1 Å². The summed E-state index contributed by atoms with van der Waals surface area (Å²) in [5.74, 6) is 0.637. The molecular weight excluding hydrogens is 330 g/mol. The third kappa shape index (κ3) is 2.59. The minimum Gasteiger partial charge on any atom is -0.378 e. The van der Waals surface area contributed by atoms with Crippen molar-refractivity contribution in [2.24, 2.45) is 0 Å². The van der Waals surface area contributed by atoms with Crippen LogP contribution in [-0.2, 0) is 4.74 Å². The Balaban J connectivity index is 1.39. The second-order valence-electron chi connectivity index (χ2n) is 6.48. The fraction of sp³-hybridized carbons (Fsp3) is 0.333. The molecule has 8 nitrogen and oxygen atoms in total. The highest BCUT2D eigenvalue weighted by molar-refractivity contribution is 5.78. The van der Waals surface area contributed by atoms with Crippen LogP contribution in [0.3, 0.4) is 0 Å². The summed E-state index contributed by atoms with van der Waals surface area (Å²) in [7, 11) is 0. The van der Waals surface area contributed by atoms with Crippen LogP contribution in [0, 0.1) is 0 Å². The Morgan fingerprint density at radius 2 is 2.04 bits per heavy atom. The van der Waals surface area contributed by atoms with Crippen molar-refractivity contribution in [3.8, 4) is 11.3 Å². The summed E-state index contributed by atoms with van der Waals surface area (Å²) in [6.07, 6.45) is 9.71. The maximum absolute atomic E-state index is 5.59. The predicted octanol–water partition coefficient (Wildman–Crippen LogP) is 2.42. The van der Waals surface area contributed by atoms with Crippen LogP contribution in [0.15, 0.2) is 43.0 Å². The Kier molecular flexibility index (Phi) is 3.56. The fourth-order valence-electron chi connectivity index (χ4n) is 3.38. The molecule has 0 amide bonds. The van der Waals surface area contributed by atoms with E-state index in [1.807, 2.05) is 48.2 Å². The van der Waals surface area contributed by atoms with Crippen LogP contribution in [0.5, 0.6) is 0 Å². The van der Waals surface area contributed by atoms with Crippen molar-refractivity contribution in [3.05, 3.63) is 43.0 Å². The average Bonchev–Trinajstić information content (AvgIpc) is 3.25. The zero-order valence-corrected chi connectivity index (χ0v) is 14.4. The highest BCUT2D eigenvalue weighted by Crippen LogP contribution is 2.27. The van der Waals surface area contributed by atoms with E-state index in [9.17, 15) is 0 Å². The van der Waals surface area contributed by atoms with Gasteiger partial charge in [0.15, 0.2) is 5.65 Å². The molecule has 0 bridgehead atoms. The topological polar surface area (TPSA) is 81.6 Å². The van der Waals surface area contributed by atoms with Gasteiger partial charge in [-0.1, -0.05) is 0 Å². The summed E-state index contributed by atoms with van der Waals surface area (Å²) < 4.78 is 9.19. The lowest BCUT2D eigenvalue weighted by atomic mass is 9.89. The van der Waals surface area contributed by atoms with Crippen molar-refractivity contribution in [1.82, 2.24) is 29.2 Å². The molecule has 0 saturated heterocycles.